The van der Waals surface area contributed by atoms with Crippen molar-refractivity contribution in [3.8, 4) is 0 Å². The van der Waals surface area contributed by atoms with E-state index in [1.165, 1.54) is 12.1 Å². The van der Waals surface area contributed by atoms with Crippen LogP contribution in [0.15, 0.2) is 42.5 Å². The summed E-state index contributed by atoms with van der Waals surface area (Å²) in [4.78, 5) is 4.46. The van der Waals surface area contributed by atoms with Crippen LogP contribution in [0.25, 0.3) is 0 Å². The summed E-state index contributed by atoms with van der Waals surface area (Å²) in [6.45, 7) is 7.58. The van der Waals surface area contributed by atoms with Crippen LogP contribution in [0.1, 0.15) is 11.1 Å². The number of rotatable bonds is 6. The highest BCUT2D eigenvalue weighted by Gasteiger charge is 2.16. The molecular weight excluding hydrogens is 397 g/mol. The van der Waals surface area contributed by atoms with Crippen LogP contribution in [0.2, 0.25) is 5.02 Å². The van der Waals surface area contributed by atoms with Gasteiger partial charge in [-0.05, 0) is 48.5 Å². The molecule has 1 aliphatic heterocycles. The molecule has 1 fully saturated rings. The highest BCUT2D eigenvalue weighted by molar-refractivity contribution is 7.80. The minimum Gasteiger partial charge on any atom is -0.379 e. The number of nitrogens with zero attached hydrogens (tertiary/aromatic N) is 2. The fraction of sp³-hybridized carbons (Fsp3) is 0.381. The van der Waals surface area contributed by atoms with Crippen LogP contribution >= 0.6 is 23.8 Å². The number of benzene rings is 2. The van der Waals surface area contributed by atoms with E-state index in [1.54, 1.807) is 12.1 Å². The SMILES string of the molecule is Cc1cccc(NC(=S)N(CCN2CCOCC2)Cc2ccc(F)cc2)c1Cl. The fourth-order valence-corrected chi connectivity index (χ4v) is 3.53. The third kappa shape index (κ3) is 5.88. The second kappa shape index (κ2) is 10.2. The summed E-state index contributed by atoms with van der Waals surface area (Å²) in [5.74, 6) is -0.240. The molecule has 150 valence electrons. The molecule has 0 radical (unpaired) electrons. The lowest BCUT2D eigenvalue weighted by molar-refractivity contribution is 0.0358. The van der Waals surface area contributed by atoms with Gasteiger partial charge < -0.3 is 15.0 Å². The van der Waals surface area contributed by atoms with Crippen LogP contribution in [-0.4, -0.2) is 54.3 Å². The van der Waals surface area contributed by atoms with Gasteiger partial charge in [-0.1, -0.05) is 35.9 Å². The Kier molecular flexibility index (Phi) is 7.62. The maximum absolute atomic E-state index is 13.3. The van der Waals surface area contributed by atoms with E-state index in [4.69, 9.17) is 28.6 Å². The number of nitrogens with one attached hydrogen (secondary N) is 1. The zero-order chi connectivity index (χ0) is 19.9. The van der Waals surface area contributed by atoms with Gasteiger partial charge in [-0.2, -0.15) is 0 Å². The number of ether oxygens (including phenoxy) is 1. The Morgan fingerprint density at radius 1 is 1.21 bits per heavy atom. The van der Waals surface area contributed by atoms with Gasteiger partial charge in [-0.25, -0.2) is 4.39 Å². The number of halogens is 2. The molecule has 0 aliphatic carbocycles. The Hall–Kier alpha value is -1.73. The fourth-order valence-electron chi connectivity index (χ4n) is 3.09. The van der Waals surface area contributed by atoms with Crippen molar-refractivity contribution in [3.63, 3.8) is 0 Å². The van der Waals surface area contributed by atoms with E-state index >= 15 is 0 Å². The molecule has 0 atom stereocenters. The Labute approximate surface area is 176 Å². The van der Waals surface area contributed by atoms with Crippen molar-refractivity contribution < 1.29 is 9.13 Å². The van der Waals surface area contributed by atoms with Crippen LogP contribution in [0.5, 0.6) is 0 Å². The molecule has 1 N–H and O–H groups in total. The summed E-state index contributed by atoms with van der Waals surface area (Å²) in [5, 5.41) is 4.55. The van der Waals surface area contributed by atoms with Crippen LogP contribution in [0.4, 0.5) is 10.1 Å². The first kappa shape index (κ1) is 21.0. The first-order valence-electron chi connectivity index (χ1n) is 9.38. The van der Waals surface area contributed by atoms with Crippen molar-refractivity contribution in [2.45, 2.75) is 13.5 Å². The van der Waals surface area contributed by atoms with Crippen molar-refractivity contribution in [1.29, 1.82) is 0 Å². The molecule has 1 aliphatic rings. The Morgan fingerprint density at radius 2 is 1.93 bits per heavy atom. The lowest BCUT2D eigenvalue weighted by Crippen LogP contribution is -2.44. The molecule has 0 spiro atoms. The molecule has 2 aromatic rings. The van der Waals surface area contributed by atoms with Crippen LogP contribution in [0, 0.1) is 12.7 Å². The van der Waals surface area contributed by atoms with E-state index in [1.807, 2.05) is 25.1 Å². The van der Waals surface area contributed by atoms with Crippen molar-refractivity contribution >= 4 is 34.6 Å². The molecule has 28 heavy (non-hydrogen) atoms. The van der Waals surface area contributed by atoms with Gasteiger partial charge in [0.15, 0.2) is 5.11 Å². The first-order valence-corrected chi connectivity index (χ1v) is 10.2. The van der Waals surface area contributed by atoms with Crippen LogP contribution in [-0.2, 0) is 11.3 Å². The Bertz CT molecular complexity index is 797. The number of hydrogen-bond donors (Lipinski definition) is 1. The van der Waals surface area contributed by atoms with Gasteiger partial charge in [-0.15, -0.1) is 0 Å². The molecule has 1 saturated heterocycles. The molecule has 7 heteroatoms. The Balaban J connectivity index is 1.70. The zero-order valence-corrected chi connectivity index (χ0v) is 17.5. The molecular formula is C21H25ClFN3OS. The maximum atomic E-state index is 13.3. The maximum Gasteiger partial charge on any atom is 0.173 e. The summed E-state index contributed by atoms with van der Waals surface area (Å²) in [7, 11) is 0. The van der Waals surface area contributed by atoms with Gasteiger partial charge in [-0.3, -0.25) is 4.90 Å². The predicted octanol–water partition coefficient (Wildman–Crippen LogP) is 4.32. The van der Waals surface area contributed by atoms with Crippen LogP contribution in [0.3, 0.4) is 0 Å². The second-order valence-corrected chi connectivity index (χ2v) is 7.63. The molecule has 0 unspecified atom stereocenters. The van der Waals surface area contributed by atoms with Gasteiger partial charge in [0, 0.05) is 32.7 Å². The monoisotopic (exact) mass is 421 g/mol. The number of morpholine rings is 1. The minimum absolute atomic E-state index is 0.240. The molecule has 0 bridgehead atoms. The molecule has 0 aromatic heterocycles. The van der Waals surface area contributed by atoms with E-state index < -0.39 is 0 Å². The van der Waals surface area contributed by atoms with E-state index in [0.29, 0.717) is 16.7 Å². The summed E-state index contributed by atoms with van der Waals surface area (Å²) in [5.41, 5.74) is 2.79. The highest BCUT2D eigenvalue weighted by Crippen LogP contribution is 2.25. The average molecular weight is 422 g/mol. The van der Waals surface area contributed by atoms with E-state index in [2.05, 4.69) is 15.1 Å². The average Bonchev–Trinajstić information content (AvgIpc) is 2.71. The standard InChI is InChI=1S/C21H25ClFN3OS/c1-16-3-2-4-19(20(16)22)24-21(28)26(10-9-25-11-13-27-14-12-25)15-17-5-7-18(23)8-6-17/h2-8H,9-15H2,1H3,(H,24,28). The van der Waals surface area contributed by atoms with Gasteiger partial charge in [0.1, 0.15) is 5.82 Å². The summed E-state index contributed by atoms with van der Waals surface area (Å²) in [6, 6.07) is 12.4. The normalized spacial score (nSPS) is 14.7. The number of aryl methyl sites for hydroxylation is 1. The van der Waals surface area contributed by atoms with Crippen molar-refractivity contribution in [1.82, 2.24) is 9.80 Å². The Morgan fingerprint density at radius 3 is 2.64 bits per heavy atom. The molecule has 0 saturated carbocycles. The van der Waals surface area contributed by atoms with Gasteiger partial charge in [0.25, 0.3) is 0 Å². The van der Waals surface area contributed by atoms with E-state index in [0.717, 1.165) is 56.2 Å². The summed E-state index contributed by atoms with van der Waals surface area (Å²) >= 11 is 12.1. The van der Waals surface area contributed by atoms with Crippen molar-refractivity contribution in [2.24, 2.45) is 0 Å². The second-order valence-electron chi connectivity index (χ2n) is 6.87. The predicted molar refractivity (Wildman–Crippen MR) is 116 cm³/mol. The largest absolute Gasteiger partial charge is 0.379 e. The van der Waals surface area contributed by atoms with Crippen molar-refractivity contribution in [2.75, 3.05) is 44.7 Å². The number of hydrogen-bond acceptors (Lipinski definition) is 3. The lowest BCUT2D eigenvalue weighted by Gasteiger charge is -2.31. The van der Waals surface area contributed by atoms with Gasteiger partial charge in [0.05, 0.1) is 23.9 Å². The smallest absolute Gasteiger partial charge is 0.173 e. The topological polar surface area (TPSA) is 27.7 Å². The highest BCUT2D eigenvalue weighted by atomic mass is 35.5. The number of thiocarbonyl (C=S) groups is 1. The summed E-state index contributed by atoms with van der Waals surface area (Å²) < 4.78 is 18.7. The molecule has 3 rings (SSSR count). The molecule has 4 nitrogen and oxygen atoms in total. The zero-order valence-electron chi connectivity index (χ0n) is 16.0. The van der Waals surface area contributed by atoms with E-state index in [9.17, 15) is 4.39 Å². The van der Waals surface area contributed by atoms with Crippen LogP contribution < -0.4 is 5.32 Å². The van der Waals surface area contributed by atoms with Gasteiger partial charge in [0.2, 0.25) is 0 Å². The van der Waals surface area contributed by atoms with E-state index in [-0.39, 0.29) is 5.82 Å². The third-order valence-electron chi connectivity index (χ3n) is 4.80. The quantitative estimate of drug-likeness (QED) is 0.701. The van der Waals surface area contributed by atoms with Crippen molar-refractivity contribution in [3.05, 3.63) is 64.4 Å². The van der Waals surface area contributed by atoms with Gasteiger partial charge >= 0.3 is 0 Å². The third-order valence-corrected chi connectivity index (χ3v) is 5.66. The minimum atomic E-state index is -0.240. The molecule has 0 amide bonds. The lowest BCUT2D eigenvalue weighted by atomic mass is 10.2. The molecule has 2 aromatic carbocycles. The molecule has 1 heterocycles. The summed E-state index contributed by atoms with van der Waals surface area (Å²) in [6.07, 6.45) is 0. The number of anilines is 1. The first-order chi connectivity index (χ1) is 13.5.